The van der Waals surface area contributed by atoms with E-state index in [0.29, 0.717) is 18.8 Å². The number of carbonyl (C=O) groups excluding carboxylic acids is 1. The number of halogens is 1. The average molecular weight is 400 g/mol. The van der Waals surface area contributed by atoms with Crippen molar-refractivity contribution in [1.82, 2.24) is 9.62 Å². The van der Waals surface area contributed by atoms with Crippen molar-refractivity contribution in [2.75, 3.05) is 31.5 Å². The molecule has 1 saturated heterocycles. The second-order valence-corrected chi connectivity index (χ2v) is 9.41. The largest absolute Gasteiger partial charge is 0.326 e. The lowest BCUT2D eigenvalue weighted by molar-refractivity contribution is -0.118. The van der Waals surface area contributed by atoms with Crippen LogP contribution in [0.5, 0.6) is 0 Å². The molecule has 8 heteroatoms. The topological polar surface area (TPSA) is 78.5 Å². The predicted octanol–water partition coefficient (Wildman–Crippen LogP) is 2.70. The van der Waals surface area contributed by atoms with E-state index in [1.165, 1.54) is 16.4 Å². The molecule has 1 aliphatic carbocycles. The molecule has 3 rings (SSSR count). The zero-order chi connectivity index (χ0) is 18.9. The second kappa shape index (κ2) is 7.46. The third kappa shape index (κ3) is 3.63. The van der Waals surface area contributed by atoms with Gasteiger partial charge >= 0.3 is 0 Å². The molecule has 2 fully saturated rings. The van der Waals surface area contributed by atoms with E-state index in [9.17, 15) is 13.2 Å². The first-order valence-electron chi connectivity index (χ1n) is 9.15. The zero-order valence-electron chi connectivity index (χ0n) is 15.2. The summed E-state index contributed by atoms with van der Waals surface area (Å²) >= 11 is 6.14. The molecule has 0 bridgehead atoms. The first-order chi connectivity index (χ1) is 12.3. The van der Waals surface area contributed by atoms with Gasteiger partial charge in [0.05, 0.1) is 5.02 Å². The smallest absolute Gasteiger partial charge is 0.244 e. The SMILES string of the molecule is CCN(CC)S(=O)(=O)c1cc(NC(=O)C2CC23CCNCC3)ccc1Cl. The van der Waals surface area contributed by atoms with Crippen LogP contribution < -0.4 is 10.6 Å². The van der Waals surface area contributed by atoms with E-state index < -0.39 is 10.0 Å². The first-order valence-corrected chi connectivity index (χ1v) is 11.0. The number of anilines is 1. The molecule has 144 valence electrons. The minimum absolute atomic E-state index is 0.0168. The molecular formula is C18H26ClN3O3S. The number of piperidine rings is 1. The number of sulfonamides is 1. The van der Waals surface area contributed by atoms with E-state index in [1.807, 2.05) is 0 Å². The Labute approximate surface area is 160 Å². The standard InChI is InChI=1S/C18H26ClN3O3S/c1-3-22(4-2)26(24,25)16-11-13(5-6-15(16)19)21-17(23)14-12-18(14)7-9-20-10-8-18/h5-6,11,14,20H,3-4,7-10,12H2,1-2H3,(H,21,23). The minimum Gasteiger partial charge on any atom is -0.326 e. The lowest BCUT2D eigenvalue weighted by Gasteiger charge is -2.23. The summed E-state index contributed by atoms with van der Waals surface area (Å²) in [5.74, 6) is -0.0106. The Kier molecular flexibility index (Phi) is 5.63. The van der Waals surface area contributed by atoms with Crippen molar-refractivity contribution in [3.63, 3.8) is 0 Å². The third-order valence-corrected chi connectivity index (χ3v) is 8.16. The van der Waals surface area contributed by atoms with Crippen molar-refractivity contribution in [2.24, 2.45) is 11.3 Å². The summed E-state index contributed by atoms with van der Waals surface area (Å²) in [6.45, 7) is 6.21. The van der Waals surface area contributed by atoms with Gasteiger partial charge in [-0.3, -0.25) is 4.79 Å². The Bertz CT molecular complexity index is 787. The summed E-state index contributed by atoms with van der Waals surface area (Å²) in [4.78, 5) is 12.7. The van der Waals surface area contributed by atoms with Crippen molar-refractivity contribution in [2.45, 2.75) is 38.0 Å². The van der Waals surface area contributed by atoms with E-state index in [0.717, 1.165) is 32.4 Å². The first kappa shape index (κ1) is 19.6. The van der Waals surface area contributed by atoms with E-state index in [2.05, 4.69) is 10.6 Å². The van der Waals surface area contributed by atoms with E-state index in [-0.39, 0.29) is 27.2 Å². The lowest BCUT2D eigenvalue weighted by atomic mass is 9.92. The van der Waals surface area contributed by atoms with Gasteiger partial charge < -0.3 is 10.6 Å². The molecule has 1 amide bonds. The van der Waals surface area contributed by atoms with Crippen LogP contribution in [0.3, 0.4) is 0 Å². The Morgan fingerprint density at radius 1 is 1.31 bits per heavy atom. The molecule has 1 saturated carbocycles. The van der Waals surface area contributed by atoms with Crippen molar-refractivity contribution < 1.29 is 13.2 Å². The van der Waals surface area contributed by atoms with Gasteiger partial charge in [-0.2, -0.15) is 4.31 Å². The van der Waals surface area contributed by atoms with Gasteiger partial charge in [-0.15, -0.1) is 0 Å². The predicted molar refractivity (Wildman–Crippen MR) is 103 cm³/mol. The lowest BCUT2D eigenvalue weighted by Crippen LogP contribution is -2.32. The minimum atomic E-state index is -3.68. The second-order valence-electron chi connectivity index (χ2n) is 7.09. The van der Waals surface area contributed by atoms with Crippen LogP contribution in [-0.4, -0.2) is 44.8 Å². The van der Waals surface area contributed by atoms with Crippen LogP contribution in [-0.2, 0) is 14.8 Å². The summed E-state index contributed by atoms with van der Waals surface area (Å²) in [6.07, 6.45) is 2.96. The molecule has 2 N–H and O–H groups in total. The number of carbonyl (C=O) groups is 1. The Hall–Kier alpha value is -1.15. The van der Waals surface area contributed by atoms with Gasteiger partial charge in [0.2, 0.25) is 15.9 Å². The Balaban J connectivity index is 1.77. The van der Waals surface area contributed by atoms with Gasteiger partial charge in [0.15, 0.2) is 0 Å². The normalized spacial score (nSPS) is 21.8. The molecule has 2 aliphatic rings. The molecule has 1 spiro atoms. The summed E-state index contributed by atoms with van der Waals surface area (Å²) in [7, 11) is -3.68. The molecular weight excluding hydrogens is 374 g/mol. The molecule has 1 aromatic carbocycles. The number of hydrogen-bond acceptors (Lipinski definition) is 4. The van der Waals surface area contributed by atoms with Gasteiger partial charge in [0.1, 0.15) is 4.90 Å². The van der Waals surface area contributed by atoms with Crippen molar-refractivity contribution in [1.29, 1.82) is 0 Å². The number of hydrogen-bond donors (Lipinski definition) is 2. The van der Waals surface area contributed by atoms with Crippen LogP contribution in [0.15, 0.2) is 23.1 Å². The van der Waals surface area contributed by atoms with Crippen LogP contribution in [0.1, 0.15) is 33.1 Å². The molecule has 1 aliphatic heterocycles. The maximum atomic E-state index is 12.8. The van der Waals surface area contributed by atoms with Crippen molar-refractivity contribution in [3.05, 3.63) is 23.2 Å². The third-order valence-electron chi connectivity index (χ3n) is 5.63. The highest BCUT2D eigenvalue weighted by Gasteiger charge is 2.57. The van der Waals surface area contributed by atoms with E-state index >= 15 is 0 Å². The van der Waals surface area contributed by atoms with Gasteiger partial charge in [0.25, 0.3) is 0 Å². The summed E-state index contributed by atoms with van der Waals surface area (Å²) in [5, 5.41) is 6.38. The molecule has 1 atom stereocenters. The molecule has 26 heavy (non-hydrogen) atoms. The van der Waals surface area contributed by atoms with Crippen LogP contribution in [0.25, 0.3) is 0 Å². The maximum absolute atomic E-state index is 12.8. The fourth-order valence-electron chi connectivity index (χ4n) is 3.91. The van der Waals surface area contributed by atoms with Gasteiger partial charge in [-0.1, -0.05) is 25.4 Å². The van der Waals surface area contributed by atoms with Crippen LogP contribution >= 0.6 is 11.6 Å². The Morgan fingerprint density at radius 3 is 2.58 bits per heavy atom. The van der Waals surface area contributed by atoms with Crippen LogP contribution in [0, 0.1) is 11.3 Å². The molecule has 0 radical (unpaired) electrons. The van der Waals surface area contributed by atoms with Gasteiger partial charge in [-0.05, 0) is 56.0 Å². The average Bonchev–Trinajstić information content (AvgIpc) is 3.31. The van der Waals surface area contributed by atoms with E-state index in [1.54, 1.807) is 19.9 Å². The summed E-state index contributed by atoms with van der Waals surface area (Å²) < 4.78 is 26.9. The summed E-state index contributed by atoms with van der Waals surface area (Å²) in [6, 6.07) is 4.64. The number of nitrogens with zero attached hydrogens (tertiary/aromatic N) is 1. The zero-order valence-corrected chi connectivity index (χ0v) is 16.8. The molecule has 1 unspecified atom stereocenters. The highest BCUT2D eigenvalue weighted by atomic mass is 35.5. The molecule has 0 aromatic heterocycles. The van der Waals surface area contributed by atoms with Crippen molar-refractivity contribution in [3.8, 4) is 0 Å². The van der Waals surface area contributed by atoms with E-state index in [4.69, 9.17) is 11.6 Å². The van der Waals surface area contributed by atoms with Gasteiger partial charge in [0, 0.05) is 24.7 Å². The highest BCUT2D eigenvalue weighted by Crippen LogP contribution is 2.58. The molecule has 1 heterocycles. The monoisotopic (exact) mass is 399 g/mol. The fraction of sp³-hybridized carbons (Fsp3) is 0.611. The van der Waals surface area contributed by atoms with Gasteiger partial charge in [-0.25, -0.2) is 8.42 Å². The van der Waals surface area contributed by atoms with Crippen LogP contribution in [0.4, 0.5) is 5.69 Å². The highest BCUT2D eigenvalue weighted by molar-refractivity contribution is 7.89. The summed E-state index contributed by atoms with van der Waals surface area (Å²) in [5.41, 5.74) is 0.610. The van der Waals surface area contributed by atoms with Crippen molar-refractivity contribution >= 4 is 33.2 Å². The number of nitrogens with one attached hydrogen (secondary N) is 2. The number of benzene rings is 1. The van der Waals surface area contributed by atoms with Crippen LogP contribution in [0.2, 0.25) is 5.02 Å². The number of amides is 1. The molecule has 6 nitrogen and oxygen atoms in total. The quantitative estimate of drug-likeness (QED) is 0.770. The maximum Gasteiger partial charge on any atom is 0.244 e. The number of rotatable bonds is 6. The Morgan fingerprint density at radius 2 is 1.96 bits per heavy atom. The molecule has 1 aromatic rings. The fourth-order valence-corrected chi connectivity index (χ4v) is 5.86.